The Morgan fingerprint density at radius 1 is 1.45 bits per heavy atom. The van der Waals surface area contributed by atoms with Crippen LogP contribution in [0.3, 0.4) is 0 Å². The van der Waals surface area contributed by atoms with Crippen LogP contribution in [0.4, 0.5) is 5.69 Å². The maximum absolute atomic E-state index is 11.3. The van der Waals surface area contributed by atoms with Crippen LogP contribution in [0.15, 0.2) is 18.2 Å². The number of piperazine rings is 1. The number of benzene rings is 1. The van der Waals surface area contributed by atoms with Gasteiger partial charge in [0.05, 0.1) is 10.7 Å². The molecule has 0 aliphatic carbocycles. The SMILES string of the molecule is CN1CCN(C)C(CNc2cccc(Cl)c2C(=O)O)C1. The van der Waals surface area contributed by atoms with E-state index >= 15 is 0 Å². The fraction of sp³-hybridized carbons (Fsp3) is 0.500. The second-order valence-corrected chi connectivity index (χ2v) is 5.65. The van der Waals surface area contributed by atoms with Gasteiger partial charge in [0.2, 0.25) is 0 Å². The minimum absolute atomic E-state index is 0.140. The molecule has 0 bridgehead atoms. The van der Waals surface area contributed by atoms with Gasteiger partial charge in [0.1, 0.15) is 5.56 Å². The van der Waals surface area contributed by atoms with E-state index in [9.17, 15) is 9.90 Å². The summed E-state index contributed by atoms with van der Waals surface area (Å²) in [5.74, 6) is -1.01. The first kappa shape index (κ1) is 15.1. The highest BCUT2D eigenvalue weighted by atomic mass is 35.5. The van der Waals surface area contributed by atoms with Gasteiger partial charge in [-0.15, -0.1) is 0 Å². The number of hydrogen-bond donors (Lipinski definition) is 2. The zero-order chi connectivity index (χ0) is 14.7. The topological polar surface area (TPSA) is 55.8 Å². The third-order valence-electron chi connectivity index (χ3n) is 3.74. The summed E-state index contributed by atoms with van der Waals surface area (Å²) in [6.07, 6.45) is 0. The Kier molecular flexibility index (Phi) is 4.86. The van der Waals surface area contributed by atoms with Gasteiger partial charge in [-0.2, -0.15) is 0 Å². The molecule has 1 heterocycles. The molecule has 1 unspecified atom stereocenters. The average molecular weight is 298 g/mol. The lowest BCUT2D eigenvalue weighted by Gasteiger charge is -2.38. The summed E-state index contributed by atoms with van der Waals surface area (Å²) in [5, 5.41) is 12.7. The number of carboxylic acids is 1. The number of carbonyl (C=O) groups is 1. The molecule has 1 aliphatic rings. The molecule has 2 N–H and O–H groups in total. The first-order valence-corrected chi connectivity index (χ1v) is 7.01. The molecule has 0 radical (unpaired) electrons. The number of nitrogens with zero attached hydrogens (tertiary/aromatic N) is 2. The molecule has 0 amide bonds. The van der Waals surface area contributed by atoms with E-state index < -0.39 is 5.97 Å². The van der Waals surface area contributed by atoms with E-state index in [0.717, 1.165) is 19.6 Å². The van der Waals surface area contributed by atoms with Crippen LogP contribution in [-0.2, 0) is 0 Å². The first-order chi connectivity index (χ1) is 9.49. The fourth-order valence-electron chi connectivity index (χ4n) is 2.44. The van der Waals surface area contributed by atoms with Crippen molar-refractivity contribution in [2.24, 2.45) is 0 Å². The molecule has 1 aromatic carbocycles. The molecule has 1 aromatic rings. The van der Waals surface area contributed by atoms with Gasteiger partial charge in [-0.05, 0) is 26.2 Å². The van der Waals surface area contributed by atoms with Gasteiger partial charge in [0, 0.05) is 32.2 Å². The quantitative estimate of drug-likeness (QED) is 0.886. The van der Waals surface area contributed by atoms with Gasteiger partial charge in [0.15, 0.2) is 0 Å². The number of anilines is 1. The van der Waals surface area contributed by atoms with Crippen LogP contribution >= 0.6 is 11.6 Å². The normalized spacial score (nSPS) is 20.9. The largest absolute Gasteiger partial charge is 0.478 e. The molecule has 6 heteroatoms. The van der Waals surface area contributed by atoms with Crippen molar-refractivity contribution in [2.75, 3.05) is 45.6 Å². The van der Waals surface area contributed by atoms with Gasteiger partial charge in [-0.1, -0.05) is 17.7 Å². The van der Waals surface area contributed by atoms with Crippen LogP contribution in [0.5, 0.6) is 0 Å². The molecular weight excluding hydrogens is 278 g/mol. The van der Waals surface area contributed by atoms with E-state index in [1.807, 2.05) is 0 Å². The Labute approximate surface area is 124 Å². The Balaban J connectivity index is 2.07. The van der Waals surface area contributed by atoms with Crippen molar-refractivity contribution in [1.29, 1.82) is 0 Å². The monoisotopic (exact) mass is 297 g/mol. The molecule has 1 fully saturated rings. The summed E-state index contributed by atoms with van der Waals surface area (Å²) in [4.78, 5) is 15.8. The highest BCUT2D eigenvalue weighted by molar-refractivity contribution is 6.34. The molecule has 0 spiro atoms. The highest BCUT2D eigenvalue weighted by Crippen LogP contribution is 2.24. The standard InChI is InChI=1S/C14H20ClN3O2/c1-17-6-7-18(2)10(9-17)8-16-12-5-3-4-11(15)13(12)14(19)20/h3-5,10,16H,6-9H2,1-2H3,(H,19,20). The third kappa shape index (κ3) is 3.42. The lowest BCUT2D eigenvalue weighted by atomic mass is 10.1. The molecule has 1 saturated heterocycles. The van der Waals surface area contributed by atoms with E-state index in [1.165, 1.54) is 0 Å². The van der Waals surface area contributed by atoms with Crippen molar-refractivity contribution in [3.63, 3.8) is 0 Å². The first-order valence-electron chi connectivity index (χ1n) is 6.63. The second-order valence-electron chi connectivity index (χ2n) is 5.25. The van der Waals surface area contributed by atoms with E-state index in [4.69, 9.17) is 11.6 Å². The molecule has 0 saturated carbocycles. The van der Waals surface area contributed by atoms with Gasteiger partial charge in [-0.25, -0.2) is 4.79 Å². The molecule has 0 aromatic heterocycles. The van der Waals surface area contributed by atoms with Crippen molar-refractivity contribution in [2.45, 2.75) is 6.04 Å². The minimum Gasteiger partial charge on any atom is -0.478 e. The summed E-state index contributed by atoms with van der Waals surface area (Å²) < 4.78 is 0. The number of carboxylic acid groups (broad SMARTS) is 1. The van der Waals surface area contributed by atoms with Crippen LogP contribution in [-0.4, -0.2) is 67.2 Å². The number of nitrogens with one attached hydrogen (secondary N) is 1. The molecule has 110 valence electrons. The third-order valence-corrected chi connectivity index (χ3v) is 4.05. The molecule has 5 nitrogen and oxygen atoms in total. The highest BCUT2D eigenvalue weighted by Gasteiger charge is 2.22. The lowest BCUT2D eigenvalue weighted by Crippen LogP contribution is -2.52. The maximum Gasteiger partial charge on any atom is 0.339 e. The molecule has 1 atom stereocenters. The minimum atomic E-state index is -1.01. The van der Waals surface area contributed by atoms with Crippen molar-refractivity contribution in [3.8, 4) is 0 Å². The predicted octanol–water partition coefficient (Wildman–Crippen LogP) is 1.70. The zero-order valence-electron chi connectivity index (χ0n) is 11.8. The van der Waals surface area contributed by atoms with E-state index in [-0.39, 0.29) is 10.6 Å². The lowest BCUT2D eigenvalue weighted by molar-refractivity contribution is 0.0698. The van der Waals surface area contributed by atoms with Crippen molar-refractivity contribution in [1.82, 2.24) is 9.80 Å². The molecule has 1 aliphatic heterocycles. The Morgan fingerprint density at radius 2 is 2.20 bits per heavy atom. The van der Waals surface area contributed by atoms with Crippen LogP contribution in [0.1, 0.15) is 10.4 Å². The van der Waals surface area contributed by atoms with Gasteiger partial charge < -0.3 is 15.3 Å². The van der Waals surface area contributed by atoms with Gasteiger partial charge in [-0.3, -0.25) is 4.90 Å². The Bertz CT molecular complexity index is 495. The van der Waals surface area contributed by atoms with Crippen molar-refractivity contribution in [3.05, 3.63) is 28.8 Å². The summed E-state index contributed by atoms with van der Waals surface area (Å²) in [7, 11) is 4.19. The van der Waals surface area contributed by atoms with Crippen molar-refractivity contribution >= 4 is 23.3 Å². The van der Waals surface area contributed by atoms with E-state index in [0.29, 0.717) is 18.3 Å². The van der Waals surface area contributed by atoms with Crippen LogP contribution in [0, 0.1) is 0 Å². The second kappa shape index (κ2) is 6.43. The summed E-state index contributed by atoms with van der Waals surface area (Å²) in [6, 6.07) is 5.46. The number of aromatic carboxylic acids is 1. The van der Waals surface area contributed by atoms with Crippen LogP contribution in [0.2, 0.25) is 5.02 Å². The maximum atomic E-state index is 11.3. The van der Waals surface area contributed by atoms with Gasteiger partial charge in [0.25, 0.3) is 0 Å². The predicted molar refractivity (Wildman–Crippen MR) is 80.8 cm³/mol. The summed E-state index contributed by atoms with van der Waals surface area (Å²) in [6.45, 7) is 3.74. The fourth-order valence-corrected chi connectivity index (χ4v) is 2.69. The average Bonchev–Trinajstić information content (AvgIpc) is 2.39. The number of halogens is 1. The smallest absolute Gasteiger partial charge is 0.339 e. The molecule has 20 heavy (non-hydrogen) atoms. The summed E-state index contributed by atoms with van der Waals surface area (Å²) >= 11 is 5.96. The van der Waals surface area contributed by atoms with Crippen molar-refractivity contribution < 1.29 is 9.90 Å². The van der Waals surface area contributed by atoms with Crippen LogP contribution < -0.4 is 5.32 Å². The number of hydrogen-bond acceptors (Lipinski definition) is 4. The molecular formula is C14H20ClN3O2. The number of rotatable bonds is 4. The Hall–Kier alpha value is -1.30. The van der Waals surface area contributed by atoms with E-state index in [1.54, 1.807) is 18.2 Å². The van der Waals surface area contributed by atoms with Crippen LogP contribution in [0.25, 0.3) is 0 Å². The Morgan fingerprint density at radius 3 is 2.90 bits per heavy atom. The van der Waals surface area contributed by atoms with E-state index in [2.05, 4.69) is 29.2 Å². The molecule has 2 rings (SSSR count). The van der Waals surface area contributed by atoms with Gasteiger partial charge >= 0.3 is 5.97 Å². The summed E-state index contributed by atoms with van der Waals surface area (Å²) in [5.41, 5.74) is 0.715. The zero-order valence-corrected chi connectivity index (χ0v) is 12.5. The number of likely N-dealkylation sites (N-methyl/N-ethyl adjacent to an activating group) is 2.